The molecule has 8 heteroatoms. The van der Waals surface area contributed by atoms with Gasteiger partial charge < -0.3 is 10.6 Å². The molecule has 7 nitrogen and oxygen atoms in total. The van der Waals surface area contributed by atoms with Gasteiger partial charge in [0.1, 0.15) is 0 Å². The minimum atomic E-state index is -0.0863. The van der Waals surface area contributed by atoms with Gasteiger partial charge in [0.2, 0.25) is 0 Å². The first kappa shape index (κ1) is 18.7. The van der Waals surface area contributed by atoms with Gasteiger partial charge in [-0.05, 0) is 50.7 Å². The maximum atomic E-state index is 12.5. The van der Waals surface area contributed by atoms with Crippen molar-refractivity contribution in [3.63, 3.8) is 0 Å². The van der Waals surface area contributed by atoms with Gasteiger partial charge in [0.15, 0.2) is 17.0 Å². The zero-order valence-corrected chi connectivity index (χ0v) is 16.5. The van der Waals surface area contributed by atoms with Crippen LogP contribution in [-0.2, 0) is 0 Å². The second-order valence-electron chi connectivity index (χ2n) is 7.38. The molecule has 1 aliphatic rings. The number of nitrogens with zero attached hydrogens (tertiary/aromatic N) is 3. The second kappa shape index (κ2) is 8.14. The number of benzene rings is 1. The summed E-state index contributed by atoms with van der Waals surface area (Å²) in [7, 11) is 0. The highest BCUT2D eigenvalue weighted by Crippen LogP contribution is 2.26. The van der Waals surface area contributed by atoms with E-state index in [0.29, 0.717) is 22.2 Å². The number of carbonyl (C=O) groups is 1. The molecule has 4 rings (SSSR count). The fourth-order valence-electron chi connectivity index (χ4n) is 3.71. The van der Waals surface area contributed by atoms with Gasteiger partial charge in [0.25, 0.3) is 5.91 Å². The van der Waals surface area contributed by atoms with E-state index in [0.717, 1.165) is 49.1 Å². The second-order valence-corrected chi connectivity index (χ2v) is 7.79. The lowest BCUT2D eigenvalue weighted by molar-refractivity contribution is 0.0923. The number of halogens is 1. The molecule has 2 heterocycles. The summed E-state index contributed by atoms with van der Waals surface area (Å²) in [4.78, 5) is 21.1. The molecular weight excluding hydrogens is 376 g/mol. The van der Waals surface area contributed by atoms with E-state index in [-0.39, 0.29) is 11.9 Å². The summed E-state index contributed by atoms with van der Waals surface area (Å²) in [6, 6.07) is 5.71. The molecule has 3 N–H and O–H groups in total. The first-order chi connectivity index (χ1) is 13.6. The number of hydrogen-bond donors (Lipinski definition) is 3. The molecule has 0 atom stereocenters. The van der Waals surface area contributed by atoms with E-state index in [1.54, 1.807) is 18.5 Å². The van der Waals surface area contributed by atoms with Crippen LogP contribution in [0.4, 0.5) is 5.82 Å². The van der Waals surface area contributed by atoms with Crippen LogP contribution in [0.5, 0.6) is 0 Å². The van der Waals surface area contributed by atoms with Crippen molar-refractivity contribution >= 4 is 34.5 Å². The number of amides is 1. The molecule has 0 saturated heterocycles. The monoisotopic (exact) mass is 398 g/mol. The number of nitrogens with one attached hydrogen (secondary N) is 3. The number of anilines is 1. The van der Waals surface area contributed by atoms with Gasteiger partial charge in [-0.15, -0.1) is 0 Å². The third kappa shape index (κ3) is 4.09. The van der Waals surface area contributed by atoms with Crippen molar-refractivity contribution in [3.8, 4) is 0 Å². The predicted octanol–water partition coefficient (Wildman–Crippen LogP) is 3.72. The van der Waals surface area contributed by atoms with Gasteiger partial charge in [-0.3, -0.25) is 9.89 Å². The van der Waals surface area contributed by atoms with Gasteiger partial charge >= 0.3 is 0 Å². The number of aromatic nitrogens is 4. The average Bonchev–Trinajstić information content (AvgIpc) is 3.12. The Bertz CT molecular complexity index is 980. The molecule has 3 aromatic rings. The molecule has 0 spiro atoms. The first-order valence-electron chi connectivity index (χ1n) is 9.56. The largest absolute Gasteiger partial charge is 0.366 e. The van der Waals surface area contributed by atoms with Crippen LogP contribution < -0.4 is 10.6 Å². The Morgan fingerprint density at radius 2 is 2.00 bits per heavy atom. The Labute approximate surface area is 168 Å². The van der Waals surface area contributed by atoms with Crippen LogP contribution in [0.15, 0.2) is 30.6 Å². The molecule has 28 heavy (non-hydrogen) atoms. The minimum Gasteiger partial charge on any atom is -0.366 e. The van der Waals surface area contributed by atoms with E-state index in [1.807, 2.05) is 19.1 Å². The van der Waals surface area contributed by atoms with Crippen LogP contribution >= 0.6 is 11.6 Å². The van der Waals surface area contributed by atoms with Crippen LogP contribution in [0, 0.1) is 12.8 Å². The van der Waals surface area contributed by atoms with Gasteiger partial charge in [-0.25, -0.2) is 9.97 Å². The molecule has 0 bridgehead atoms. The summed E-state index contributed by atoms with van der Waals surface area (Å²) in [5.74, 6) is 1.20. The molecule has 1 fully saturated rings. The zero-order chi connectivity index (χ0) is 19.5. The Morgan fingerprint density at radius 3 is 2.82 bits per heavy atom. The van der Waals surface area contributed by atoms with Crippen molar-refractivity contribution in [2.45, 2.75) is 38.6 Å². The molecule has 0 aliphatic heterocycles. The summed E-state index contributed by atoms with van der Waals surface area (Å²) in [5.41, 5.74) is 3.03. The molecule has 0 unspecified atom stereocenters. The molecule has 2 aromatic heterocycles. The van der Waals surface area contributed by atoms with Gasteiger partial charge in [-0.2, -0.15) is 5.10 Å². The number of aromatic amines is 1. The third-order valence-corrected chi connectivity index (χ3v) is 5.63. The third-order valence-electron chi connectivity index (χ3n) is 5.30. The quantitative estimate of drug-likeness (QED) is 0.608. The number of H-pyrrole nitrogens is 1. The van der Waals surface area contributed by atoms with Crippen molar-refractivity contribution in [1.29, 1.82) is 0 Å². The molecule has 146 valence electrons. The van der Waals surface area contributed by atoms with E-state index >= 15 is 0 Å². The maximum Gasteiger partial charge on any atom is 0.253 e. The summed E-state index contributed by atoms with van der Waals surface area (Å²) in [6.07, 6.45) is 7.33. The number of hydrogen-bond acceptors (Lipinski definition) is 5. The molecule has 1 aliphatic carbocycles. The van der Waals surface area contributed by atoms with Crippen LogP contribution in [-0.4, -0.2) is 38.7 Å². The van der Waals surface area contributed by atoms with Crippen LogP contribution in [0.3, 0.4) is 0 Å². The highest BCUT2D eigenvalue weighted by Gasteiger charge is 2.24. The highest BCUT2D eigenvalue weighted by molar-refractivity contribution is 6.33. The van der Waals surface area contributed by atoms with Crippen molar-refractivity contribution in [2.75, 3.05) is 11.9 Å². The van der Waals surface area contributed by atoms with Crippen LogP contribution in [0.25, 0.3) is 11.2 Å². The standard InChI is InChI=1S/C20H23ClN6O/c1-12-2-7-16(21)15(10-12)20(28)25-14-5-3-13(4-6-14)11-24-19-17-18(26-27-19)23-9-8-22-17/h2,7-10,13-14H,3-6,11H2,1H3,(H,25,28)(H2,23,24,26,27). The Balaban J connectivity index is 1.27. The molecule has 1 aromatic carbocycles. The Kier molecular flexibility index (Phi) is 5.43. The maximum absolute atomic E-state index is 12.5. The smallest absolute Gasteiger partial charge is 0.253 e. The number of fused-ring (bicyclic) bond motifs is 1. The van der Waals surface area contributed by atoms with E-state index in [2.05, 4.69) is 30.8 Å². The molecule has 1 saturated carbocycles. The van der Waals surface area contributed by atoms with Gasteiger partial charge in [0.05, 0.1) is 10.6 Å². The molecule has 1 amide bonds. The SMILES string of the molecule is Cc1ccc(Cl)c(C(=O)NC2CCC(CNc3n[nH]c4nccnc34)CC2)c1. The summed E-state index contributed by atoms with van der Waals surface area (Å²) in [5, 5.41) is 14.2. The normalized spacial score (nSPS) is 19.5. The van der Waals surface area contributed by atoms with Crippen molar-refractivity contribution < 1.29 is 4.79 Å². The highest BCUT2D eigenvalue weighted by atomic mass is 35.5. The molecular formula is C20H23ClN6O. The topological polar surface area (TPSA) is 95.6 Å². The van der Waals surface area contributed by atoms with Gasteiger partial charge in [-0.1, -0.05) is 23.2 Å². The number of carbonyl (C=O) groups excluding carboxylic acids is 1. The first-order valence-corrected chi connectivity index (χ1v) is 9.94. The fourth-order valence-corrected chi connectivity index (χ4v) is 3.91. The lowest BCUT2D eigenvalue weighted by atomic mass is 9.86. The minimum absolute atomic E-state index is 0.0863. The number of rotatable bonds is 5. The van der Waals surface area contributed by atoms with Crippen LogP contribution in [0.2, 0.25) is 5.02 Å². The van der Waals surface area contributed by atoms with Crippen molar-refractivity contribution in [2.24, 2.45) is 5.92 Å². The zero-order valence-electron chi connectivity index (χ0n) is 15.7. The Morgan fingerprint density at radius 1 is 1.21 bits per heavy atom. The Hall–Kier alpha value is -2.67. The fraction of sp³-hybridized carbons (Fsp3) is 0.400. The van der Waals surface area contributed by atoms with Crippen LogP contribution in [0.1, 0.15) is 41.6 Å². The summed E-state index contributed by atoms with van der Waals surface area (Å²) >= 11 is 6.18. The van der Waals surface area contributed by atoms with E-state index < -0.39 is 0 Å². The van der Waals surface area contributed by atoms with Gasteiger partial charge in [0, 0.05) is 25.0 Å². The lowest BCUT2D eigenvalue weighted by Crippen LogP contribution is -2.38. The van der Waals surface area contributed by atoms with E-state index in [9.17, 15) is 4.79 Å². The lowest BCUT2D eigenvalue weighted by Gasteiger charge is -2.29. The predicted molar refractivity (Wildman–Crippen MR) is 110 cm³/mol. The van der Waals surface area contributed by atoms with E-state index in [4.69, 9.17) is 11.6 Å². The summed E-state index contributed by atoms with van der Waals surface area (Å²) in [6.45, 7) is 2.79. The van der Waals surface area contributed by atoms with Crippen molar-refractivity contribution in [3.05, 3.63) is 46.7 Å². The van der Waals surface area contributed by atoms with E-state index in [1.165, 1.54) is 0 Å². The summed E-state index contributed by atoms with van der Waals surface area (Å²) < 4.78 is 0. The number of aryl methyl sites for hydroxylation is 1. The van der Waals surface area contributed by atoms with Crippen molar-refractivity contribution in [1.82, 2.24) is 25.5 Å². The molecule has 0 radical (unpaired) electrons. The average molecular weight is 399 g/mol.